The number of carboxylic acid groups (broad SMARTS) is 1. The van der Waals surface area contributed by atoms with Crippen molar-refractivity contribution in [3.8, 4) is 0 Å². The van der Waals surface area contributed by atoms with E-state index in [1.807, 2.05) is 0 Å². The second-order valence-corrected chi connectivity index (χ2v) is 2.71. The highest BCUT2D eigenvalue weighted by Gasteiger charge is 2.10. The Bertz CT molecular complexity index is 480. The van der Waals surface area contributed by atoms with E-state index in [1.165, 1.54) is 12.2 Å². The second-order valence-electron chi connectivity index (χ2n) is 2.71. The highest BCUT2D eigenvalue weighted by molar-refractivity contribution is 5.88. The van der Waals surface area contributed by atoms with Gasteiger partial charge < -0.3 is 5.11 Å². The van der Waals surface area contributed by atoms with E-state index in [2.05, 4.69) is 15.0 Å². The fourth-order valence-corrected chi connectivity index (χ4v) is 0.967. The molecule has 0 fully saturated rings. The summed E-state index contributed by atoms with van der Waals surface area (Å²) in [6, 6.07) is 1.10. The number of carbonyl (C=O) groups is 1. The Hall–Kier alpha value is -2.40. The third-order valence-electron chi connectivity index (χ3n) is 1.65. The molecule has 16 heavy (non-hydrogen) atoms. The van der Waals surface area contributed by atoms with E-state index in [0.717, 1.165) is 12.3 Å². The summed E-state index contributed by atoms with van der Waals surface area (Å²) in [5, 5.41) is 11.9. The van der Waals surface area contributed by atoms with Gasteiger partial charge in [0.05, 0.1) is 17.5 Å². The number of hydrogen-bond acceptors (Lipinski definition) is 3. The van der Waals surface area contributed by atoms with E-state index in [-0.39, 0.29) is 12.2 Å². The summed E-state index contributed by atoms with van der Waals surface area (Å²) in [5.74, 6) is -2.25. The number of aromatic nitrogens is 1. The Balaban J connectivity index is 2.90. The van der Waals surface area contributed by atoms with Crippen LogP contribution in [0, 0.1) is 5.82 Å². The molecule has 82 valence electrons. The number of hydrogen-bond donors (Lipinski definition) is 1. The summed E-state index contributed by atoms with van der Waals surface area (Å²) in [6.45, 7) is 0.123. The molecule has 0 amide bonds. The third kappa shape index (κ3) is 3.07. The molecule has 1 N–H and O–H groups in total. The smallest absolute Gasteiger partial charge is 0.338 e. The zero-order chi connectivity index (χ0) is 12.0. The maximum absolute atomic E-state index is 12.9. The molecular formula is C9H7FN4O2. The highest BCUT2D eigenvalue weighted by Crippen LogP contribution is 2.08. The minimum absolute atomic E-state index is 0.123. The van der Waals surface area contributed by atoms with Crippen molar-refractivity contribution in [3.05, 3.63) is 45.9 Å². The van der Waals surface area contributed by atoms with E-state index in [1.54, 1.807) is 0 Å². The van der Waals surface area contributed by atoms with Gasteiger partial charge in [0, 0.05) is 11.5 Å². The quantitative estimate of drug-likeness (QED) is 0.480. The van der Waals surface area contributed by atoms with E-state index in [9.17, 15) is 9.18 Å². The molecule has 0 unspecified atom stereocenters. The van der Waals surface area contributed by atoms with Crippen LogP contribution in [0.5, 0.6) is 0 Å². The number of rotatable bonds is 4. The van der Waals surface area contributed by atoms with Crippen LogP contribution in [0.1, 0.15) is 16.1 Å². The van der Waals surface area contributed by atoms with Gasteiger partial charge in [-0.1, -0.05) is 11.2 Å². The molecule has 0 aliphatic heterocycles. The molecule has 6 nitrogen and oxygen atoms in total. The first kappa shape index (κ1) is 11.7. The second kappa shape index (κ2) is 5.47. The zero-order valence-electron chi connectivity index (χ0n) is 8.04. The normalized spacial score (nSPS) is 10.1. The van der Waals surface area contributed by atoms with Gasteiger partial charge in [-0.25, -0.2) is 9.18 Å². The predicted octanol–water partition coefficient (Wildman–Crippen LogP) is 2.24. The zero-order valence-corrected chi connectivity index (χ0v) is 8.04. The van der Waals surface area contributed by atoms with Crippen LogP contribution in [0.2, 0.25) is 0 Å². The van der Waals surface area contributed by atoms with Crippen molar-refractivity contribution < 1.29 is 14.3 Å². The van der Waals surface area contributed by atoms with Gasteiger partial charge in [-0.05, 0) is 17.7 Å². The average molecular weight is 222 g/mol. The molecule has 0 aromatic carbocycles. The van der Waals surface area contributed by atoms with E-state index >= 15 is 0 Å². The number of aromatic carboxylic acids is 1. The van der Waals surface area contributed by atoms with Gasteiger partial charge in [0.15, 0.2) is 5.82 Å². The van der Waals surface area contributed by atoms with Crippen molar-refractivity contribution in [2.75, 3.05) is 6.54 Å². The maximum atomic E-state index is 12.9. The Kier molecular flexibility index (Phi) is 3.99. The molecular weight excluding hydrogens is 215 g/mol. The highest BCUT2D eigenvalue weighted by atomic mass is 19.1. The number of nitrogens with zero attached hydrogens (tertiary/aromatic N) is 4. The molecule has 1 aromatic rings. The maximum Gasteiger partial charge on any atom is 0.338 e. The van der Waals surface area contributed by atoms with Crippen molar-refractivity contribution in [1.29, 1.82) is 0 Å². The van der Waals surface area contributed by atoms with Crippen molar-refractivity contribution >= 4 is 12.0 Å². The van der Waals surface area contributed by atoms with Crippen LogP contribution >= 0.6 is 0 Å². The molecule has 0 saturated heterocycles. The minimum Gasteiger partial charge on any atom is -0.478 e. The summed E-state index contributed by atoms with van der Waals surface area (Å²) in [7, 11) is 0. The molecule has 1 aromatic heterocycles. The number of pyridine rings is 1. The average Bonchev–Trinajstić information content (AvgIpc) is 2.26. The summed E-state index contributed by atoms with van der Waals surface area (Å²) >= 11 is 0. The third-order valence-corrected chi connectivity index (χ3v) is 1.65. The number of azide groups is 1. The van der Waals surface area contributed by atoms with Gasteiger partial charge in [-0.3, -0.25) is 4.98 Å². The molecule has 0 atom stereocenters. The Morgan fingerprint density at radius 1 is 1.75 bits per heavy atom. The summed E-state index contributed by atoms with van der Waals surface area (Å²) in [4.78, 5) is 16.8. The van der Waals surface area contributed by atoms with Crippen molar-refractivity contribution in [2.45, 2.75) is 0 Å². The minimum atomic E-state index is -1.36. The number of carboxylic acids is 1. The van der Waals surface area contributed by atoms with Crippen molar-refractivity contribution in [1.82, 2.24) is 4.98 Å². The standard InChI is InChI=1S/C9H7FN4O2/c10-8-5-12-6(2-1-3-13-14-11)4-7(8)9(15)16/h1-2,4-5H,3H2,(H,15,16). The molecule has 0 spiro atoms. The lowest BCUT2D eigenvalue weighted by molar-refractivity contribution is 0.0691. The first-order valence-electron chi connectivity index (χ1n) is 4.21. The van der Waals surface area contributed by atoms with Gasteiger partial charge in [0.2, 0.25) is 0 Å². The molecule has 0 aliphatic carbocycles. The molecule has 1 heterocycles. The van der Waals surface area contributed by atoms with Crippen LogP contribution in [0.15, 0.2) is 23.5 Å². The molecule has 0 saturated carbocycles. The molecule has 1 rings (SSSR count). The van der Waals surface area contributed by atoms with Gasteiger partial charge in [-0.2, -0.15) is 0 Å². The molecule has 0 aliphatic rings. The number of halogens is 1. The van der Waals surface area contributed by atoms with Crippen LogP contribution in [-0.2, 0) is 0 Å². The topological polar surface area (TPSA) is 99.0 Å². The molecule has 7 heteroatoms. The van der Waals surface area contributed by atoms with Gasteiger partial charge in [0.1, 0.15) is 0 Å². The lowest BCUT2D eigenvalue weighted by Gasteiger charge is -1.97. The van der Waals surface area contributed by atoms with Crippen LogP contribution in [0.25, 0.3) is 16.5 Å². The monoisotopic (exact) mass is 222 g/mol. The lowest BCUT2D eigenvalue weighted by atomic mass is 10.2. The van der Waals surface area contributed by atoms with E-state index < -0.39 is 17.3 Å². The van der Waals surface area contributed by atoms with Crippen LogP contribution < -0.4 is 0 Å². The molecule has 0 radical (unpaired) electrons. The Morgan fingerprint density at radius 2 is 2.50 bits per heavy atom. The first-order chi connectivity index (χ1) is 7.65. The largest absolute Gasteiger partial charge is 0.478 e. The fraction of sp³-hybridized carbons (Fsp3) is 0.111. The summed E-state index contributed by atoms with van der Waals surface area (Å²) in [5.41, 5.74) is 7.84. The lowest BCUT2D eigenvalue weighted by Crippen LogP contribution is -2.02. The first-order valence-corrected chi connectivity index (χ1v) is 4.21. The van der Waals surface area contributed by atoms with Gasteiger partial charge in [-0.15, -0.1) is 0 Å². The van der Waals surface area contributed by atoms with Crippen molar-refractivity contribution in [2.24, 2.45) is 5.11 Å². The predicted molar refractivity (Wildman–Crippen MR) is 54.2 cm³/mol. The van der Waals surface area contributed by atoms with E-state index in [4.69, 9.17) is 10.6 Å². The van der Waals surface area contributed by atoms with Gasteiger partial charge >= 0.3 is 5.97 Å². The molecule has 0 bridgehead atoms. The summed E-state index contributed by atoms with van der Waals surface area (Å²) in [6.07, 6.45) is 3.77. The van der Waals surface area contributed by atoms with E-state index in [0.29, 0.717) is 0 Å². The van der Waals surface area contributed by atoms with Crippen LogP contribution in [-0.4, -0.2) is 22.6 Å². The fourth-order valence-electron chi connectivity index (χ4n) is 0.967. The van der Waals surface area contributed by atoms with Crippen LogP contribution in [0.3, 0.4) is 0 Å². The van der Waals surface area contributed by atoms with Crippen LogP contribution in [0.4, 0.5) is 4.39 Å². The Morgan fingerprint density at radius 3 is 3.12 bits per heavy atom. The Labute approximate surface area is 89.7 Å². The van der Waals surface area contributed by atoms with Gasteiger partial charge in [0.25, 0.3) is 0 Å². The van der Waals surface area contributed by atoms with Crippen molar-refractivity contribution in [3.63, 3.8) is 0 Å². The summed E-state index contributed by atoms with van der Waals surface area (Å²) < 4.78 is 12.9. The SMILES string of the molecule is [N-]=[N+]=NCC=Cc1cc(C(=O)O)c(F)cn1.